The van der Waals surface area contributed by atoms with Gasteiger partial charge in [0.15, 0.2) is 0 Å². The zero-order valence-electron chi connectivity index (χ0n) is 16.5. The third-order valence-electron chi connectivity index (χ3n) is 4.72. The van der Waals surface area contributed by atoms with Crippen molar-refractivity contribution >= 4 is 0 Å². The third kappa shape index (κ3) is 3.87. The van der Waals surface area contributed by atoms with Crippen LogP contribution in [0, 0.1) is 0 Å². The van der Waals surface area contributed by atoms with Gasteiger partial charge in [-0.15, -0.1) is 0 Å². The van der Waals surface area contributed by atoms with Gasteiger partial charge in [-0.05, 0) is 45.2 Å². The Morgan fingerprint density at radius 3 is 1.15 bits per heavy atom. The topological polar surface area (TPSA) is 80.9 Å². The maximum absolute atomic E-state index is 10.7. The van der Waals surface area contributed by atoms with Crippen molar-refractivity contribution in [1.82, 2.24) is 0 Å². The molecule has 0 spiro atoms. The van der Waals surface area contributed by atoms with E-state index < -0.39 is 0 Å². The molecule has 0 aliphatic carbocycles. The Labute approximate surface area is 155 Å². The molecule has 2 rings (SSSR count). The van der Waals surface area contributed by atoms with Crippen LogP contribution in [0.1, 0.15) is 63.8 Å². The summed E-state index contributed by atoms with van der Waals surface area (Å²) in [7, 11) is 0. The Morgan fingerprint density at radius 1 is 0.615 bits per heavy atom. The number of benzene rings is 2. The summed E-state index contributed by atoms with van der Waals surface area (Å²) in [6.45, 7) is 11.6. The lowest BCUT2D eigenvalue weighted by molar-refractivity contribution is 0.279. The molecule has 4 heteroatoms. The summed E-state index contributed by atoms with van der Waals surface area (Å²) >= 11 is 0. The Kier molecular flexibility index (Phi) is 5.41. The van der Waals surface area contributed by atoms with E-state index >= 15 is 0 Å². The lowest BCUT2D eigenvalue weighted by Crippen LogP contribution is -2.13. The van der Waals surface area contributed by atoms with Crippen LogP contribution in [0.4, 0.5) is 0 Å². The maximum atomic E-state index is 10.7. The Morgan fingerprint density at radius 2 is 0.923 bits per heavy atom. The minimum atomic E-state index is -0.280. The molecular weight excluding hydrogens is 328 g/mol. The second kappa shape index (κ2) is 6.93. The molecule has 0 unspecified atom stereocenters. The summed E-state index contributed by atoms with van der Waals surface area (Å²) < 4.78 is 0. The third-order valence-corrected chi connectivity index (χ3v) is 4.72. The quantitative estimate of drug-likeness (QED) is 0.658. The van der Waals surface area contributed by atoms with Gasteiger partial charge in [-0.3, -0.25) is 0 Å². The zero-order chi connectivity index (χ0) is 19.9. The zero-order valence-corrected chi connectivity index (χ0v) is 16.5. The standard InChI is InChI=1S/C22H30O4/c1-21(2,3)15-7-13(11-23)19(17(25)9-15)20-14(12-24)8-16(10-18(20)26)22(4,5)6/h7-10,23-26H,11-12H2,1-6H3. The maximum Gasteiger partial charge on any atom is 0.124 e. The molecule has 0 atom stereocenters. The molecule has 26 heavy (non-hydrogen) atoms. The van der Waals surface area contributed by atoms with Gasteiger partial charge < -0.3 is 20.4 Å². The minimum absolute atomic E-state index is 0.0185. The molecule has 4 nitrogen and oxygen atoms in total. The van der Waals surface area contributed by atoms with Crippen molar-refractivity contribution < 1.29 is 20.4 Å². The van der Waals surface area contributed by atoms with Crippen LogP contribution in [0.2, 0.25) is 0 Å². The van der Waals surface area contributed by atoms with Crippen LogP contribution in [-0.4, -0.2) is 20.4 Å². The molecule has 0 fully saturated rings. The average molecular weight is 358 g/mol. The van der Waals surface area contributed by atoms with Crippen molar-refractivity contribution in [3.63, 3.8) is 0 Å². The van der Waals surface area contributed by atoms with E-state index in [4.69, 9.17) is 0 Å². The van der Waals surface area contributed by atoms with Crippen LogP contribution in [0.3, 0.4) is 0 Å². The van der Waals surface area contributed by atoms with Crippen molar-refractivity contribution in [1.29, 1.82) is 0 Å². The fourth-order valence-corrected chi connectivity index (χ4v) is 3.06. The molecule has 0 amide bonds. The van der Waals surface area contributed by atoms with E-state index in [0.717, 1.165) is 11.1 Å². The number of aliphatic hydroxyl groups excluding tert-OH is 2. The van der Waals surface area contributed by atoms with Crippen LogP contribution in [0.15, 0.2) is 24.3 Å². The van der Waals surface area contributed by atoms with E-state index in [1.54, 1.807) is 12.1 Å². The van der Waals surface area contributed by atoms with Gasteiger partial charge in [0.1, 0.15) is 11.5 Å². The van der Waals surface area contributed by atoms with Crippen LogP contribution in [-0.2, 0) is 24.0 Å². The number of hydrogen-bond donors (Lipinski definition) is 4. The van der Waals surface area contributed by atoms with E-state index in [1.807, 2.05) is 53.7 Å². The Hall–Kier alpha value is -2.04. The van der Waals surface area contributed by atoms with Crippen LogP contribution in [0.25, 0.3) is 11.1 Å². The van der Waals surface area contributed by atoms with E-state index in [0.29, 0.717) is 22.3 Å². The summed E-state index contributed by atoms with van der Waals surface area (Å²) in [6.07, 6.45) is 0. The van der Waals surface area contributed by atoms with Gasteiger partial charge in [0, 0.05) is 11.1 Å². The van der Waals surface area contributed by atoms with E-state index in [9.17, 15) is 20.4 Å². The smallest absolute Gasteiger partial charge is 0.124 e. The molecule has 4 N–H and O–H groups in total. The van der Waals surface area contributed by atoms with Crippen LogP contribution < -0.4 is 0 Å². The van der Waals surface area contributed by atoms with Gasteiger partial charge >= 0.3 is 0 Å². The largest absolute Gasteiger partial charge is 0.507 e. The van der Waals surface area contributed by atoms with Crippen molar-refractivity contribution in [2.45, 2.75) is 65.6 Å². The number of aliphatic hydroxyl groups is 2. The number of phenols is 2. The first-order chi connectivity index (χ1) is 11.9. The number of rotatable bonds is 3. The molecule has 0 saturated heterocycles. The van der Waals surface area contributed by atoms with Crippen molar-refractivity contribution in [3.8, 4) is 22.6 Å². The monoisotopic (exact) mass is 358 g/mol. The summed E-state index contributed by atoms with van der Waals surface area (Å²) in [5.41, 5.74) is 3.14. The molecule has 0 saturated carbocycles. The van der Waals surface area contributed by atoms with Gasteiger partial charge in [-0.1, -0.05) is 53.7 Å². The van der Waals surface area contributed by atoms with Gasteiger partial charge in [0.25, 0.3) is 0 Å². The highest BCUT2D eigenvalue weighted by molar-refractivity contribution is 5.82. The summed E-state index contributed by atoms with van der Waals surface area (Å²) in [5.74, 6) is -0.0371. The fraction of sp³-hybridized carbons (Fsp3) is 0.455. The molecule has 2 aromatic carbocycles. The predicted molar refractivity (Wildman–Crippen MR) is 104 cm³/mol. The second-order valence-corrected chi connectivity index (χ2v) is 8.88. The highest BCUT2D eigenvalue weighted by Crippen LogP contribution is 2.44. The van der Waals surface area contributed by atoms with Gasteiger partial charge in [0.05, 0.1) is 13.2 Å². The second-order valence-electron chi connectivity index (χ2n) is 8.88. The predicted octanol–water partition coefficient (Wildman–Crippen LogP) is 4.34. The molecule has 0 aromatic heterocycles. The van der Waals surface area contributed by atoms with E-state index in [2.05, 4.69) is 0 Å². The molecule has 142 valence electrons. The molecule has 0 radical (unpaired) electrons. The van der Waals surface area contributed by atoms with Crippen molar-refractivity contribution in [2.24, 2.45) is 0 Å². The van der Waals surface area contributed by atoms with Crippen LogP contribution >= 0.6 is 0 Å². The van der Waals surface area contributed by atoms with E-state index in [1.165, 1.54) is 0 Å². The van der Waals surface area contributed by atoms with Crippen LogP contribution in [0.5, 0.6) is 11.5 Å². The molecule has 0 aliphatic rings. The fourth-order valence-electron chi connectivity index (χ4n) is 3.06. The highest BCUT2D eigenvalue weighted by Gasteiger charge is 2.24. The average Bonchev–Trinajstić information content (AvgIpc) is 2.52. The lowest BCUT2D eigenvalue weighted by atomic mass is 9.81. The lowest BCUT2D eigenvalue weighted by Gasteiger charge is -2.25. The van der Waals surface area contributed by atoms with Gasteiger partial charge in [-0.25, -0.2) is 0 Å². The minimum Gasteiger partial charge on any atom is -0.507 e. The van der Waals surface area contributed by atoms with Gasteiger partial charge in [-0.2, -0.15) is 0 Å². The number of hydrogen-bond acceptors (Lipinski definition) is 4. The van der Waals surface area contributed by atoms with E-state index in [-0.39, 0.29) is 35.5 Å². The first-order valence-corrected chi connectivity index (χ1v) is 8.85. The molecule has 2 aromatic rings. The summed E-state index contributed by atoms with van der Waals surface area (Å²) in [5, 5.41) is 41.1. The highest BCUT2D eigenvalue weighted by atomic mass is 16.3. The number of phenolic OH excluding ortho intramolecular Hbond substituents is 2. The SMILES string of the molecule is CC(C)(C)c1cc(O)c(-c2c(O)cc(C(C)(C)C)cc2CO)c(CO)c1. The first kappa shape index (κ1) is 20.3. The first-order valence-electron chi connectivity index (χ1n) is 8.85. The summed E-state index contributed by atoms with van der Waals surface area (Å²) in [6, 6.07) is 7.00. The normalized spacial score (nSPS) is 12.5. The Balaban J connectivity index is 2.80. The summed E-state index contributed by atoms with van der Waals surface area (Å²) in [4.78, 5) is 0. The molecule has 0 bridgehead atoms. The van der Waals surface area contributed by atoms with Crippen molar-refractivity contribution in [2.75, 3.05) is 0 Å². The number of aromatic hydroxyl groups is 2. The van der Waals surface area contributed by atoms with Gasteiger partial charge in [0.2, 0.25) is 0 Å². The molecule has 0 heterocycles. The molecule has 0 aliphatic heterocycles. The molecular formula is C22H30O4. The Bertz CT molecular complexity index is 739. The van der Waals surface area contributed by atoms with Crippen molar-refractivity contribution in [3.05, 3.63) is 46.5 Å².